The van der Waals surface area contributed by atoms with Gasteiger partial charge in [-0.25, -0.2) is 9.78 Å². The highest BCUT2D eigenvalue weighted by atomic mass is 32.1. The van der Waals surface area contributed by atoms with Crippen LogP contribution in [-0.2, 0) is 6.54 Å². The number of aromatic carboxylic acids is 1. The highest BCUT2D eigenvalue weighted by Crippen LogP contribution is 2.20. The molecule has 0 aromatic carbocycles. The summed E-state index contributed by atoms with van der Waals surface area (Å²) in [7, 11) is 4.21. The standard InChI is InChI=1S/C12H19N3O2S/c1-14-5-3-9(4-6-14)15(2)7-10-11(12(16)17)13-8-18-10/h8-9H,3-7H2,1-2H3,(H,16,17). The van der Waals surface area contributed by atoms with Gasteiger partial charge in [0.2, 0.25) is 0 Å². The summed E-state index contributed by atoms with van der Waals surface area (Å²) in [5.74, 6) is -0.928. The van der Waals surface area contributed by atoms with Crippen molar-refractivity contribution < 1.29 is 9.90 Å². The molecule has 0 unspecified atom stereocenters. The van der Waals surface area contributed by atoms with Crippen molar-refractivity contribution in [1.82, 2.24) is 14.8 Å². The summed E-state index contributed by atoms with van der Waals surface area (Å²) >= 11 is 1.43. The van der Waals surface area contributed by atoms with Gasteiger partial charge in [-0.3, -0.25) is 4.90 Å². The molecular formula is C12H19N3O2S. The van der Waals surface area contributed by atoms with E-state index in [0.717, 1.165) is 30.8 Å². The van der Waals surface area contributed by atoms with Crippen LogP contribution in [0.2, 0.25) is 0 Å². The van der Waals surface area contributed by atoms with Gasteiger partial charge in [-0.05, 0) is 40.0 Å². The quantitative estimate of drug-likeness (QED) is 0.894. The second-order valence-electron chi connectivity index (χ2n) is 4.88. The number of carbonyl (C=O) groups is 1. The first-order chi connectivity index (χ1) is 8.58. The van der Waals surface area contributed by atoms with Crippen molar-refractivity contribution in [3.05, 3.63) is 16.1 Å². The van der Waals surface area contributed by atoms with Gasteiger partial charge in [0.15, 0.2) is 5.69 Å². The molecule has 1 N–H and O–H groups in total. The molecule has 1 aliphatic rings. The number of hydrogen-bond acceptors (Lipinski definition) is 5. The van der Waals surface area contributed by atoms with E-state index < -0.39 is 5.97 Å². The van der Waals surface area contributed by atoms with Gasteiger partial charge in [-0.2, -0.15) is 0 Å². The number of rotatable bonds is 4. The maximum atomic E-state index is 11.0. The maximum absolute atomic E-state index is 11.0. The Morgan fingerprint density at radius 3 is 2.89 bits per heavy atom. The number of nitrogens with zero attached hydrogens (tertiary/aromatic N) is 3. The van der Waals surface area contributed by atoms with Gasteiger partial charge in [0.1, 0.15) is 0 Å². The predicted molar refractivity (Wildman–Crippen MR) is 71.1 cm³/mol. The fraction of sp³-hybridized carbons (Fsp3) is 0.667. The molecule has 0 atom stereocenters. The Balaban J connectivity index is 1.96. The summed E-state index contributed by atoms with van der Waals surface area (Å²) in [5.41, 5.74) is 1.82. The molecule has 1 aliphatic heterocycles. The molecule has 1 aromatic heterocycles. The fourth-order valence-corrected chi connectivity index (χ4v) is 3.16. The molecule has 2 heterocycles. The molecule has 1 aromatic rings. The van der Waals surface area contributed by atoms with E-state index >= 15 is 0 Å². The summed E-state index contributed by atoms with van der Waals surface area (Å²) in [5, 5.41) is 9.03. The van der Waals surface area contributed by atoms with Crippen molar-refractivity contribution in [2.45, 2.75) is 25.4 Å². The second-order valence-corrected chi connectivity index (χ2v) is 5.82. The first-order valence-corrected chi connectivity index (χ1v) is 7.00. The van der Waals surface area contributed by atoms with Gasteiger partial charge in [-0.1, -0.05) is 0 Å². The van der Waals surface area contributed by atoms with Gasteiger partial charge in [0.25, 0.3) is 0 Å². The van der Waals surface area contributed by atoms with Crippen molar-refractivity contribution in [2.24, 2.45) is 0 Å². The van der Waals surface area contributed by atoms with Crippen LogP contribution in [0.4, 0.5) is 0 Å². The molecule has 18 heavy (non-hydrogen) atoms. The molecule has 5 nitrogen and oxygen atoms in total. The predicted octanol–water partition coefficient (Wildman–Crippen LogP) is 1.37. The Morgan fingerprint density at radius 1 is 1.61 bits per heavy atom. The molecular weight excluding hydrogens is 250 g/mol. The fourth-order valence-electron chi connectivity index (χ4n) is 2.35. The molecule has 0 amide bonds. The summed E-state index contributed by atoms with van der Waals surface area (Å²) in [6.45, 7) is 2.91. The molecule has 0 saturated carbocycles. The smallest absolute Gasteiger partial charge is 0.355 e. The van der Waals surface area contributed by atoms with Gasteiger partial charge in [0, 0.05) is 12.6 Å². The van der Waals surface area contributed by atoms with E-state index in [1.54, 1.807) is 5.51 Å². The first-order valence-electron chi connectivity index (χ1n) is 6.12. The number of carboxylic acids is 1. The third-order valence-electron chi connectivity index (χ3n) is 3.55. The second kappa shape index (κ2) is 5.77. The van der Waals surface area contributed by atoms with Crippen LogP contribution in [0.1, 0.15) is 28.2 Å². The molecule has 0 aliphatic carbocycles. The Hall–Kier alpha value is -0.980. The van der Waals surface area contributed by atoms with E-state index in [2.05, 4.69) is 28.9 Å². The number of piperidine rings is 1. The summed E-state index contributed by atoms with van der Waals surface area (Å²) in [4.78, 5) is 20.4. The van der Waals surface area contributed by atoms with Crippen LogP contribution < -0.4 is 0 Å². The SMILES string of the molecule is CN1CCC(N(C)Cc2scnc2C(=O)O)CC1. The molecule has 1 fully saturated rings. The molecule has 0 radical (unpaired) electrons. The molecule has 1 saturated heterocycles. The number of hydrogen-bond donors (Lipinski definition) is 1. The monoisotopic (exact) mass is 269 g/mol. The highest BCUT2D eigenvalue weighted by Gasteiger charge is 2.22. The van der Waals surface area contributed by atoms with E-state index in [0.29, 0.717) is 12.6 Å². The van der Waals surface area contributed by atoms with Crippen LogP contribution in [0.3, 0.4) is 0 Å². The van der Waals surface area contributed by atoms with Gasteiger partial charge in [-0.15, -0.1) is 11.3 Å². The Morgan fingerprint density at radius 2 is 2.28 bits per heavy atom. The Bertz CT molecular complexity index is 413. The van der Waals surface area contributed by atoms with E-state index in [1.165, 1.54) is 11.3 Å². The van der Waals surface area contributed by atoms with E-state index in [1.807, 2.05) is 0 Å². The van der Waals surface area contributed by atoms with Crippen molar-refractivity contribution in [3.63, 3.8) is 0 Å². The lowest BCUT2D eigenvalue weighted by Gasteiger charge is -2.34. The Kier molecular flexibility index (Phi) is 4.31. The first kappa shape index (κ1) is 13.5. The zero-order valence-electron chi connectivity index (χ0n) is 10.8. The van der Waals surface area contributed by atoms with Crippen molar-refractivity contribution >= 4 is 17.3 Å². The van der Waals surface area contributed by atoms with Crippen molar-refractivity contribution in [1.29, 1.82) is 0 Å². The van der Waals surface area contributed by atoms with Crippen LogP contribution >= 0.6 is 11.3 Å². The summed E-state index contributed by atoms with van der Waals surface area (Å²) in [6.07, 6.45) is 2.29. The average molecular weight is 269 g/mol. The number of aromatic nitrogens is 1. The van der Waals surface area contributed by atoms with Crippen LogP contribution in [0.5, 0.6) is 0 Å². The minimum absolute atomic E-state index is 0.208. The minimum Gasteiger partial charge on any atom is -0.476 e. The lowest BCUT2D eigenvalue weighted by molar-refractivity contribution is 0.0688. The molecule has 0 bridgehead atoms. The normalized spacial score (nSPS) is 18.4. The van der Waals surface area contributed by atoms with E-state index in [-0.39, 0.29) is 5.69 Å². The van der Waals surface area contributed by atoms with Crippen molar-refractivity contribution in [3.8, 4) is 0 Å². The molecule has 100 valence electrons. The van der Waals surface area contributed by atoms with E-state index in [4.69, 9.17) is 5.11 Å². The zero-order valence-corrected chi connectivity index (χ0v) is 11.6. The summed E-state index contributed by atoms with van der Waals surface area (Å²) in [6, 6.07) is 0.546. The molecule has 6 heteroatoms. The third-order valence-corrected chi connectivity index (χ3v) is 4.37. The lowest BCUT2D eigenvalue weighted by atomic mass is 10.0. The Labute approximate surface area is 111 Å². The molecule has 2 rings (SSSR count). The zero-order chi connectivity index (χ0) is 13.1. The van der Waals surface area contributed by atoms with E-state index in [9.17, 15) is 4.79 Å². The number of likely N-dealkylation sites (tertiary alicyclic amines) is 1. The van der Waals surface area contributed by atoms with Crippen LogP contribution in [0, 0.1) is 0 Å². The minimum atomic E-state index is -0.928. The van der Waals surface area contributed by atoms with Gasteiger partial charge >= 0.3 is 5.97 Å². The van der Waals surface area contributed by atoms with Gasteiger partial charge in [0.05, 0.1) is 10.4 Å². The average Bonchev–Trinajstić information content (AvgIpc) is 2.78. The van der Waals surface area contributed by atoms with Crippen molar-refractivity contribution in [2.75, 3.05) is 27.2 Å². The van der Waals surface area contributed by atoms with Crippen LogP contribution in [0.15, 0.2) is 5.51 Å². The number of carboxylic acid groups (broad SMARTS) is 1. The molecule has 0 spiro atoms. The maximum Gasteiger partial charge on any atom is 0.355 e. The topological polar surface area (TPSA) is 56.7 Å². The third kappa shape index (κ3) is 3.07. The largest absolute Gasteiger partial charge is 0.476 e. The number of thiazole rings is 1. The van der Waals surface area contributed by atoms with Crippen LogP contribution in [-0.4, -0.2) is 59.1 Å². The lowest BCUT2D eigenvalue weighted by Crippen LogP contribution is -2.41. The van der Waals surface area contributed by atoms with Crippen LogP contribution in [0.25, 0.3) is 0 Å². The summed E-state index contributed by atoms with van der Waals surface area (Å²) < 4.78 is 0. The van der Waals surface area contributed by atoms with Gasteiger partial charge < -0.3 is 10.0 Å². The highest BCUT2D eigenvalue weighted by molar-refractivity contribution is 7.09.